The number of rotatable bonds is 5. The highest BCUT2D eigenvalue weighted by Gasteiger charge is 2.07. The van der Waals surface area contributed by atoms with Crippen molar-refractivity contribution in [3.63, 3.8) is 0 Å². The third kappa shape index (κ3) is 4.28. The molecule has 0 fully saturated rings. The summed E-state index contributed by atoms with van der Waals surface area (Å²) in [6.07, 6.45) is 1.40. The van der Waals surface area contributed by atoms with Gasteiger partial charge in [-0.2, -0.15) is 0 Å². The van der Waals surface area contributed by atoms with Crippen LogP contribution in [0.5, 0.6) is 11.5 Å². The maximum atomic E-state index is 11.5. The summed E-state index contributed by atoms with van der Waals surface area (Å²) < 4.78 is 15.3. The lowest BCUT2D eigenvalue weighted by atomic mass is 10.3. The smallest absolute Gasteiger partial charge is 0.290 e. The Labute approximate surface area is 122 Å². The third-order valence-corrected chi connectivity index (χ3v) is 2.49. The number of carbonyl (C=O) groups is 1. The summed E-state index contributed by atoms with van der Waals surface area (Å²) in [7, 11) is 1.58. The molecule has 0 bridgehead atoms. The van der Waals surface area contributed by atoms with E-state index in [4.69, 9.17) is 14.0 Å². The summed E-state index contributed by atoms with van der Waals surface area (Å²) >= 11 is 0. The zero-order chi connectivity index (χ0) is 14.9. The Hall–Kier alpha value is -2.94. The summed E-state index contributed by atoms with van der Waals surface area (Å²) in [6, 6.07) is 8.79. The van der Waals surface area contributed by atoms with Gasteiger partial charge >= 0.3 is 0 Å². The van der Waals surface area contributed by atoms with Crippen LogP contribution in [-0.2, 0) is 0 Å². The Bertz CT molecular complexity index is 641. The van der Waals surface area contributed by atoms with Gasteiger partial charge in [0, 0.05) is 6.07 Å². The zero-order valence-electron chi connectivity index (χ0n) is 11.5. The summed E-state index contributed by atoms with van der Waals surface area (Å²) in [6.45, 7) is 0.410. The molecule has 108 valence electrons. The number of nitrogens with zero attached hydrogens (tertiary/aromatic N) is 1. The van der Waals surface area contributed by atoms with E-state index in [0.717, 1.165) is 0 Å². The van der Waals surface area contributed by atoms with Gasteiger partial charge in [-0.25, -0.2) is 0 Å². The van der Waals surface area contributed by atoms with Crippen molar-refractivity contribution in [2.24, 2.45) is 0 Å². The summed E-state index contributed by atoms with van der Waals surface area (Å²) in [4.78, 5) is 11.5. The number of amides is 1. The number of para-hydroxylation sites is 2. The molecule has 1 amide bonds. The van der Waals surface area contributed by atoms with Gasteiger partial charge < -0.3 is 19.3 Å². The van der Waals surface area contributed by atoms with E-state index in [-0.39, 0.29) is 24.8 Å². The van der Waals surface area contributed by atoms with Gasteiger partial charge in [0.05, 0.1) is 19.9 Å². The average Bonchev–Trinajstić information content (AvgIpc) is 3.05. The van der Waals surface area contributed by atoms with Crippen LogP contribution in [-0.4, -0.2) is 31.3 Å². The first kappa shape index (κ1) is 14.5. The molecular weight excluding hydrogens is 272 g/mol. The number of aromatic nitrogens is 1. The molecule has 0 aliphatic carbocycles. The number of carbonyl (C=O) groups excluding carboxylic acids is 1. The van der Waals surface area contributed by atoms with Crippen LogP contribution in [0.25, 0.3) is 0 Å². The molecule has 0 spiro atoms. The highest BCUT2D eigenvalue weighted by molar-refractivity contribution is 5.91. The van der Waals surface area contributed by atoms with Crippen LogP contribution in [0, 0.1) is 11.8 Å². The minimum atomic E-state index is -0.354. The van der Waals surface area contributed by atoms with Crippen molar-refractivity contribution in [3.8, 4) is 23.3 Å². The number of hydrogen-bond donors (Lipinski definition) is 1. The van der Waals surface area contributed by atoms with Gasteiger partial charge in [-0.15, -0.1) is 0 Å². The number of methoxy groups -OCH3 is 1. The highest BCUT2D eigenvalue weighted by Crippen LogP contribution is 2.25. The van der Waals surface area contributed by atoms with Gasteiger partial charge in [0.25, 0.3) is 5.91 Å². The van der Waals surface area contributed by atoms with E-state index in [1.165, 1.54) is 12.3 Å². The van der Waals surface area contributed by atoms with Crippen molar-refractivity contribution in [3.05, 3.63) is 42.3 Å². The van der Waals surface area contributed by atoms with E-state index in [9.17, 15) is 4.79 Å². The molecule has 0 aliphatic heterocycles. The largest absolute Gasteiger partial charge is 0.493 e. The molecule has 6 nitrogen and oxygen atoms in total. The molecular formula is C15H14N2O4. The molecule has 0 unspecified atom stereocenters. The maximum Gasteiger partial charge on any atom is 0.290 e. The monoisotopic (exact) mass is 286 g/mol. The minimum absolute atomic E-state index is 0.155. The van der Waals surface area contributed by atoms with Gasteiger partial charge in [0.15, 0.2) is 11.5 Å². The van der Waals surface area contributed by atoms with Crippen molar-refractivity contribution in [2.45, 2.75) is 0 Å². The Morgan fingerprint density at radius 1 is 1.29 bits per heavy atom. The van der Waals surface area contributed by atoms with Crippen LogP contribution in [0.2, 0.25) is 0 Å². The second-order valence-corrected chi connectivity index (χ2v) is 3.85. The van der Waals surface area contributed by atoms with Crippen LogP contribution in [0.4, 0.5) is 0 Å². The standard InChI is InChI=1S/C15H14N2O4/c1-19-12-6-2-3-7-13(12)20-11-5-4-9-16-15(18)14-8-10-17-21-14/h2-3,6-8,10H,9,11H2,1H3,(H,16,18). The predicted octanol–water partition coefficient (Wildman–Crippen LogP) is 1.50. The van der Waals surface area contributed by atoms with E-state index in [1.54, 1.807) is 19.2 Å². The van der Waals surface area contributed by atoms with Gasteiger partial charge in [0.2, 0.25) is 5.76 Å². The molecule has 0 aliphatic rings. The number of hydrogen-bond acceptors (Lipinski definition) is 5. The summed E-state index contributed by atoms with van der Waals surface area (Å²) in [5.41, 5.74) is 0. The molecule has 2 aromatic rings. The van der Waals surface area contributed by atoms with Crippen molar-refractivity contribution in [2.75, 3.05) is 20.3 Å². The van der Waals surface area contributed by atoms with E-state index in [1.807, 2.05) is 12.1 Å². The Kier molecular flexibility index (Phi) is 5.24. The first-order valence-corrected chi connectivity index (χ1v) is 6.21. The van der Waals surface area contributed by atoms with Gasteiger partial charge in [-0.3, -0.25) is 4.79 Å². The molecule has 0 saturated carbocycles. The van der Waals surface area contributed by atoms with Crippen LogP contribution in [0.1, 0.15) is 10.6 Å². The SMILES string of the molecule is COc1ccccc1OCC#CCNC(=O)c1ccno1. The normalized spacial score (nSPS) is 9.38. The summed E-state index contributed by atoms with van der Waals surface area (Å²) in [5, 5.41) is 6.03. The van der Waals surface area contributed by atoms with Crippen LogP contribution >= 0.6 is 0 Å². The zero-order valence-corrected chi connectivity index (χ0v) is 11.5. The molecule has 1 aromatic heterocycles. The Morgan fingerprint density at radius 3 is 2.81 bits per heavy atom. The topological polar surface area (TPSA) is 73.6 Å². The fraction of sp³-hybridized carbons (Fsp3) is 0.200. The van der Waals surface area contributed by atoms with Gasteiger partial charge in [-0.05, 0) is 12.1 Å². The van der Waals surface area contributed by atoms with Gasteiger partial charge in [-0.1, -0.05) is 29.1 Å². The molecule has 1 N–H and O–H groups in total. The van der Waals surface area contributed by atoms with Crippen LogP contribution < -0.4 is 14.8 Å². The third-order valence-electron chi connectivity index (χ3n) is 2.49. The van der Waals surface area contributed by atoms with Crippen molar-refractivity contribution >= 4 is 5.91 Å². The van der Waals surface area contributed by atoms with E-state index in [2.05, 4.69) is 22.3 Å². The summed E-state index contributed by atoms with van der Waals surface area (Å²) in [5.74, 6) is 6.65. The quantitative estimate of drug-likeness (QED) is 0.843. The molecule has 6 heteroatoms. The van der Waals surface area contributed by atoms with Crippen molar-refractivity contribution in [1.29, 1.82) is 0 Å². The molecule has 0 radical (unpaired) electrons. The molecule has 1 heterocycles. The van der Waals surface area contributed by atoms with Crippen molar-refractivity contribution in [1.82, 2.24) is 10.5 Å². The Balaban J connectivity index is 1.73. The lowest BCUT2D eigenvalue weighted by molar-refractivity contribution is 0.0922. The first-order chi connectivity index (χ1) is 10.3. The maximum absolute atomic E-state index is 11.5. The molecule has 2 rings (SSSR count). The van der Waals surface area contributed by atoms with Gasteiger partial charge in [0.1, 0.15) is 6.61 Å². The number of ether oxygens (including phenoxy) is 2. The second kappa shape index (κ2) is 7.60. The van der Waals surface area contributed by atoms with Crippen molar-refractivity contribution < 1.29 is 18.8 Å². The molecule has 0 saturated heterocycles. The molecule has 0 atom stereocenters. The fourth-order valence-electron chi connectivity index (χ4n) is 1.51. The van der Waals surface area contributed by atoms with Crippen LogP contribution in [0.15, 0.2) is 41.1 Å². The molecule has 21 heavy (non-hydrogen) atoms. The Morgan fingerprint density at radius 2 is 2.10 bits per heavy atom. The minimum Gasteiger partial charge on any atom is -0.493 e. The number of nitrogens with one attached hydrogen (secondary N) is 1. The average molecular weight is 286 g/mol. The predicted molar refractivity (Wildman–Crippen MR) is 75.1 cm³/mol. The number of benzene rings is 1. The lowest BCUT2D eigenvalue weighted by Gasteiger charge is -2.07. The van der Waals surface area contributed by atoms with E-state index < -0.39 is 0 Å². The van der Waals surface area contributed by atoms with E-state index in [0.29, 0.717) is 11.5 Å². The lowest BCUT2D eigenvalue weighted by Crippen LogP contribution is -2.23. The highest BCUT2D eigenvalue weighted by atomic mass is 16.5. The fourth-order valence-corrected chi connectivity index (χ4v) is 1.51. The van der Waals surface area contributed by atoms with Crippen LogP contribution in [0.3, 0.4) is 0 Å². The van der Waals surface area contributed by atoms with E-state index >= 15 is 0 Å². The second-order valence-electron chi connectivity index (χ2n) is 3.85. The molecule has 1 aromatic carbocycles. The first-order valence-electron chi connectivity index (χ1n) is 6.21.